The molecule has 2 aromatic carbocycles. The Morgan fingerprint density at radius 3 is 2.23 bits per heavy atom. The highest BCUT2D eigenvalue weighted by molar-refractivity contribution is 5.84. The van der Waals surface area contributed by atoms with Gasteiger partial charge in [0.05, 0.1) is 0 Å². The molecule has 0 N–H and O–H groups in total. The molecular weight excluding hydrogens is 380 g/mol. The van der Waals surface area contributed by atoms with Crippen LogP contribution in [0.15, 0.2) is 84.3 Å². The van der Waals surface area contributed by atoms with E-state index < -0.39 is 11.9 Å². The van der Waals surface area contributed by atoms with E-state index in [-0.39, 0.29) is 0 Å². The molecule has 0 spiro atoms. The average Bonchev–Trinajstić information content (AvgIpc) is 3.23. The van der Waals surface area contributed by atoms with Gasteiger partial charge in [-0.15, -0.1) is 0 Å². The van der Waals surface area contributed by atoms with E-state index >= 15 is 0 Å². The second-order valence-corrected chi connectivity index (χ2v) is 6.34. The van der Waals surface area contributed by atoms with E-state index in [9.17, 15) is 9.59 Å². The van der Waals surface area contributed by atoms with Gasteiger partial charge < -0.3 is 13.9 Å². The second kappa shape index (κ2) is 9.39. The van der Waals surface area contributed by atoms with Gasteiger partial charge in [0.2, 0.25) is 0 Å². The number of aryl methyl sites for hydroxylation is 1. The van der Waals surface area contributed by atoms with Crippen LogP contribution in [-0.4, -0.2) is 11.9 Å². The minimum Gasteiger partial charge on any atom is -0.457 e. The predicted octanol–water partition coefficient (Wildman–Crippen LogP) is 5.61. The first kappa shape index (κ1) is 20.6. The molecule has 150 valence electrons. The molecule has 0 radical (unpaired) electrons. The van der Waals surface area contributed by atoms with Crippen LogP contribution >= 0.6 is 0 Å². The second-order valence-electron chi connectivity index (χ2n) is 6.34. The van der Waals surface area contributed by atoms with Crippen molar-refractivity contribution in [3.8, 4) is 22.8 Å². The molecule has 5 nitrogen and oxygen atoms in total. The standard InChI is InChI=1S/C25H20O5/c1-4-24(26)29-21-11-7-18(8-12-21)6-10-20-13-15-23(28-20)19-9-14-22(17(3)16-19)30-25(27)5-2/h4-16H,1-2H2,3H3/b10-6+. The molecule has 1 heterocycles. The molecule has 3 rings (SSSR count). The van der Waals surface area contributed by atoms with E-state index in [1.807, 2.05) is 55.5 Å². The smallest absolute Gasteiger partial charge is 0.335 e. The quantitative estimate of drug-likeness (QED) is 0.293. The highest BCUT2D eigenvalue weighted by Crippen LogP contribution is 2.28. The van der Waals surface area contributed by atoms with Gasteiger partial charge in [-0.25, -0.2) is 9.59 Å². The molecule has 0 unspecified atom stereocenters. The van der Waals surface area contributed by atoms with E-state index in [1.165, 1.54) is 0 Å². The van der Waals surface area contributed by atoms with Crippen molar-refractivity contribution in [2.24, 2.45) is 0 Å². The Kier molecular flexibility index (Phi) is 6.45. The van der Waals surface area contributed by atoms with Crippen molar-refractivity contribution in [2.75, 3.05) is 0 Å². The van der Waals surface area contributed by atoms with Crippen molar-refractivity contribution < 1.29 is 23.5 Å². The summed E-state index contributed by atoms with van der Waals surface area (Å²) in [5.74, 6) is 1.33. The fourth-order valence-electron chi connectivity index (χ4n) is 2.65. The summed E-state index contributed by atoms with van der Waals surface area (Å²) >= 11 is 0. The van der Waals surface area contributed by atoms with Gasteiger partial charge >= 0.3 is 11.9 Å². The zero-order valence-electron chi connectivity index (χ0n) is 16.5. The van der Waals surface area contributed by atoms with Crippen LogP contribution in [-0.2, 0) is 9.59 Å². The summed E-state index contributed by atoms with van der Waals surface area (Å²) in [5, 5.41) is 0. The summed E-state index contributed by atoms with van der Waals surface area (Å²) in [5.41, 5.74) is 2.61. The van der Waals surface area contributed by atoms with Crippen LogP contribution in [0.4, 0.5) is 0 Å². The fraction of sp³-hybridized carbons (Fsp3) is 0.0400. The highest BCUT2D eigenvalue weighted by atomic mass is 16.5. The Hall–Kier alpha value is -4.12. The number of carbonyl (C=O) groups excluding carboxylic acids is 2. The van der Waals surface area contributed by atoms with E-state index in [1.54, 1.807) is 18.2 Å². The fourth-order valence-corrected chi connectivity index (χ4v) is 2.65. The molecule has 0 aliphatic carbocycles. The maximum absolute atomic E-state index is 11.4. The number of rotatable bonds is 7. The Morgan fingerprint density at radius 2 is 1.57 bits per heavy atom. The van der Waals surface area contributed by atoms with Crippen LogP contribution in [0.1, 0.15) is 16.9 Å². The molecule has 30 heavy (non-hydrogen) atoms. The number of hydrogen-bond acceptors (Lipinski definition) is 5. The summed E-state index contributed by atoms with van der Waals surface area (Å²) in [6.45, 7) is 8.62. The van der Waals surface area contributed by atoms with Crippen LogP contribution < -0.4 is 9.47 Å². The van der Waals surface area contributed by atoms with E-state index in [0.717, 1.165) is 28.8 Å². The van der Waals surface area contributed by atoms with E-state index in [4.69, 9.17) is 13.9 Å². The average molecular weight is 400 g/mol. The summed E-state index contributed by atoms with van der Waals surface area (Å²) in [6, 6.07) is 16.3. The van der Waals surface area contributed by atoms with Crippen molar-refractivity contribution in [2.45, 2.75) is 6.92 Å². The highest BCUT2D eigenvalue weighted by Gasteiger charge is 2.08. The summed E-state index contributed by atoms with van der Waals surface area (Å²) in [7, 11) is 0. The molecule has 0 saturated heterocycles. The van der Waals surface area contributed by atoms with E-state index in [0.29, 0.717) is 23.0 Å². The van der Waals surface area contributed by atoms with Gasteiger partial charge in [0.15, 0.2) is 0 Å². The Balaban J connectivity index is 1.69. The predicted molar refractivity (Wildman–Crippen MR) is 116 cm³/mol. The molecule has 0 saturated carbocycles. The third-order valence-electron chi connectivity index (χ3n) is 4.17. The number of benzene rings is 2. The van der Waals surface area contributed by atoms with Crippen molar-refractivity contribution in [1.82, 2.24) is 0 Å². The van der Waals surface area contributed by atoms with Gasteiger partial charge in [0, 0.05) is 17.7 Å². The molecule has 0 atom stereocenters. The Labute approximate surface area is 174 Å². The van der Waals surface area contributed by atoms with Gasteiger partial charge in [0.25, 0.3) is 0 Å². The number of hydrogen-bond donors (Lipinski definition) is 0. The molecular formula is C25H20O5. The van der Waals surface area contributed by atoms with Gasteiger partial charge in [0.1, 0.15) is 23.0 Å². The van der Waals surface area contributed by atoms with Gasteiger partial charge in [-0.05, 0) is 66.6 Å². The molecule has 5 heteroatoms. The number of ether oxygens (including phenoxy) is 2. The number of furan rings is 1. The normalized spacial score (nSPS) is 10.6. The molecule has 0 aliphatic heterocycles. The largest absolute Gasteiger partial charge is 0.457 e. The minimum absolute atomic E-state index is 0.454. The van der Waals surface area contributed by atoms with Gasteiger partial charge in [-0.1, -0.05) is 31.4 Å². The summed E-state index contributed by atoms with van der Waals surface area (Å²) < 4.78 is 16.1. The zero-order chi connectivity index (χ0) is 21.5. The zero-order valence-corrected chi connectivity index (χ0v) is 16.5. The van der Waals surface area contributed by atoms with Crippen molar-refractivity contribution >= 4 is 24.1 Å². The maximum Gasteiger partial charge on any atom is 0.335 e. The number of esters is 2. The van der Waals surface area contributed by atoms with Crippen LogP contribution in [0.25, 0.3) is 23.5 Å². The van der Waals surface area contributed by atoms with Crippen LogP contribution in [0.2, 0.25) is 0 Å². The van der Waals surface area contributed by atoms with Crippen molar-refractivity contribution in [3.63, 3.8) is 0 Å². The summed E-state index contributed by atoms with van der Waals surface area (Å²) in [6.07, 6.45) is 5.98. The molecule has 0 bridgehead atoms. The number of carbonyl (C=O) groups is 2. The van der Waals surface area contributed by atoms with Crippen LogP contribution in [0, 0.1) is 6.92 Å². The van der Waals surface area contributed by atoms with Crippen molar-refractivity contribution in [1.29, 1.82) is 0 Å². The monoisotopic (exact) mass is 400 g/mol. The Morgan fingerprint density at radius 1 is 0.867 bits per heavy atom. The maximum atomic E-state index is 11.4. The lowest BCUT2D eigenvalue weighted by Crippen LogP contribution is -2.04. The van der Waals surface area contributed by atoms with Crippen LogP contribution in [0.3, 0.4) is 0 Å². The molecule has 0 amide bonds. The lowest BCUT2D eigenvalue weighted by atomic mass is 10.1. The van der Waals surface area contributed by atoms with E-state index in [2.05, 4.69) is 13.2 Å². The minimum atomic E-state index is -0.497. The molecule has 1 aromatic heterocycles. The van der Waals surface area contributed by atoms with Gasteiger partial charge in [-0.3, -0.25) is 0 Å². The molecule has 0 fully saturated rings. The topological polar surface area (TPSA) is 65.7 Å². The van der Waals surface area contributed by atoms with Crippen molar-refractivity contribution in [3.05, 3.63) is 96.8 Å². The Bertz CT molecular complexity index is 1120. The lowest BCUT2D eigenvalue weighted by Gasteiger charge is -2.06. The van der Waals surface area contributed by atoms with Crippen LogP contribution in [0.5, 0.6) is 11.5 Å². The lowest BCUT2D eigenvalue weighted by molar-refractivity contribution is -0.129. The SMILES string of the molecule is C=CC(=O)Oc1ccc(/C=C/c2ccc(-c3ccc(OC(=O)C=C)c(C)c3)o2)cc1. The first-order chi connectivity index (χ1) is 14.5. The summed E-state index contributed by atoms with van der Waals surface area (Å²) in [4.78, 5) is 22.6. The third-order valence-corrected chi connectivity index (χ3v) is 4.17. The molecule has 3 aromatic rings. The first-order valence-electron chi connectivity index (χ1n) is 9.16. The third kappa shape index (κ3) is 5.23. The molecule has 0 aliphatic rings. The first-order valence-corrected chi connectivity index (χ1v) is 9.16. The van der Waals surface area contributed by atoms with Gasteiger partial charge in [-0.2, -0.15) is 0 Å².